The van der Waals surface area contributed by atoms with Gasteiger partial charge in [-0.05, 0) is 36.8 Å². The van der Waals surface area contributed by atoms with Crippen molar-refractivity contribution < 1.29 is 22.4 Å². The van der Waals surface area contributed by atoms with Gasteiger partial charge in [-0.15, -0.1) is 0 Å². The Balaban J connectivity index is 1.23. The van der Waals surface area contributed by atoms with E-state index in [1.54, 1.807) is 28.0 Å². The molecule has 1 aromatic heterocycles. The van der Waals surface area contributed by atoms with E-state index in [0.29, 0.717) is 42.7 Å². The first-order chi connectivity index (χ1) is 15.8. The maximum absolute atomic E-state index is 13.1. The number of piperazine rings is 1. The second kappa shape index (κ2) is 8.53. The number of fused-ring (bicyclic) bond motifs is 1. The van der Waals surface area contributed by atoms with E-state index >= 15 is 0 Å². The van der Waals surface area contributed by atoms with Gasteiger partial charge in [0, 0.05) is 42.7 Å². The second-order valence-electron chi connectivity index (χ2n) is 8.45. The minimum atomic E-state index is -3.00. The highest BCUT2D eigenvalue weighted by Crippen LogP contribution is 2.35. The van der Waals surface area contributed by atoms with Crippen LogP contribution < -0.4 is 5.32 Å². The summed E-state index contributed by atoms with van der Waals surface area (Å²) in [7, 11) is -3.00. The van der Waals surface area contributed by atoms with Crippen molar-refractivity contribution in [2.45, 2.75) is 18.2 Å². The van der Waals surface area contributed by atoms with Crippen molar-refractivity contribution in [3.8, 4) is 0 Å². The van der Waals surface area contributed by atoms with Crippen LogP contribution in [0.25, 0.3) is 0 Å². The number of carbonyl (C=O) groups is 2. The topological polar surface area (TPSA) is 112 Å². The van der Waals surface area contributed by atoms with Crippen molar-refractivity contribution in [2.75, 3.05) is 43.0 Å². The molecule has 2 atom stereocenters. The highest BCUT2D eigenvalue weighted by molar-refractivity contribution is 8.15. The lowest BCUT2D eigenvalue weighted by Gasteiger charge is -2.34. The van der Waals surface area contributed by atoms with Gasteiger partial charge in [-0.3, -0.25) is 14.6 Å². The third kappa shape index (κ3) is 4.51. The molecule has 11 heteroatoms. The number of benzene rings is 1. The Labute approximate surface area is 196 Å². The molecule has 0 bridgehead atoms. The molecule has 0 unspecified atom stereocenters. The molecule has 33 heavy (non-hydrogen) atoms. The summed E-state index contributed by atoms with van der Waals surface area (Å²) in [4.78, 5) is 33.5. The molecule has 2 saturated heterocycles. The number of furan rings is 1. The fourth-order valence-corrected chi connectivity index (χ4v) is 7.94. The number of thioether (sulfide) groups is 1. The van der Waals surface area contributed by atoms with Gasteiger partial charge in [0.15, 0.2) is 20.8 Å². The molecule has 0 aliphatic carbocycles. The minimum Gasteiger partial charge on any atom is -0.459 e. The molecule has 0 spiro atoms. The number of amidine groups is 1. The number of rotatable bonds is 3. The number of aryl methyl sites for hydroxylation is 1. The van der Waals surface area contributed by atoms with E-state index in [4.69, 9.17) is 4.42 Å². The average molecular weight is 489 g/mol. The summed E-state index contributed by atoms with van der Waals surface area (Å²) in [5, 5.41) is 3.94. The predicted molar refractivity (Wildman–Crippen MR) is 127 cm³/mol. The van der Waals surface area contributed by atoms with Crippen LogP contribution in [0.4, 0.5) is 5.69 Å². The normalized spacial score (nSPS) is 23.8. The molecule has 1 N–H and O–H groups in total. The van der Waals surface area contributed by atoms with Crippen LogP contribution in [0.2, 0.25) is 0 Å². The predicted octanol–water partition coefficient (Wildman–Crippen LogP) is 1.87. The monoisotopic (exact) mass is 488 g/mol. The van der Waals surface area contributed by atoms with Crippen LogP contribution in [-0.4, -0.2) is 84.2 Å². The van der Waals surface area contributed by atoms with E-state index in [2.05, 4.69) is 10.3 Å². The molecule has 3 aliphatic rings. The average Bonchev–Trinajstić information content (AvgIpc) is 3.50. The molecule has 2 amide bonds. The highest BCUT2D eigenvalue weighted by Gasteiger charge is 2.42. The number of aliphatic imine (C=N–C) groups is 1. The van der Waals surface area contributed by atoms with Crippen molar-refractivity contribution in [2.24, 2.45) is 4.99 Å². The Morgan fingerprint density at radius 1 is 1.09 bits per heavy atom. The second-order valence-corrected chi connectivity index (χ2v) is 11.8. The highest BCUT2D eigenvalue weighted by atomic mass is 32.2. The van der Waals surface area contributed by atoms with Crippen LogP contribution in [0.3, 0.4) is 0 Å². The smallest absolute Gasteiger partial charge is 0.289 e. The maximum Gasteiger partial charge on any atom is 0.289 e. The third-order valence-corrected chi connectivity index (χ3v) is 9.27. The number of nitrogens with one attached hydrogen (secondary N) is 1. The lowest BCUT2D eigenvalue weighted by molar-refractivity contribution is 0.0518. The molecule has 2 fully saturated rings. The molecule has 2 aromatic rings. The Hall–Kier alpha value is -2.79. The fourth-order valence-electron chi connectivity index (χ4n) is 4.27. The zero-order chi connectivity index (χ0) is 23.2. The number of hydrogen-bond donors (Lipinski definition) is 1. The van der Waals surface area contributed by atoms with Gasteiger partial charge in [0.1, 0.15) is 0 Å². The first-order valence-corrected chi connectivity index (χ1v) is 13.4. The van der Waals surface area contributed by atoms with E-state index in [1.807, 2.05) is 19.1 Å². The molecular weight excluding hydrogens is 464 g/mol. The summed E-state index contributed by atoms with van der Waals surface area (Å²) in [5.41, 5.74) is 2.30. The number of anilines is 1. The van der Waals surface area contributed by atoms with E-state index in [9.17, 15) is 18.0 Å². The van der Waals surface area contributed by atoms with Crippen LogP contribution >= 0.6 is 11.8 Å². The van der Waals surface area contributed by atoms with Crippen molar-refractivity contribution >= 4 is 44.3 Å². The first kappa shape index (κ1) is 22.0. The molecule has 174 valence electrons. The summed E-state index contributed by atoms with van der Waals surface area (Å²) in [5.74, 6) is 0.303. The molecule has 0 radical (unpaired) electrons. The number of sulfone groups is 1. The number of nitrogens with zero attached hydrogens (tertiary/aromatic N) is 3. The molecule has 0 saturated carbocycles. The van der Waals surface area contributed by atoms with E-state index in [0.717, 1.165) is 11.3 Å². The van der Waals surface area contributed by atoms with E-state index < -0.39 is 9.84 Å². The van der Waals surface area contributed by atoms with Crippen LogP contribution in [0.15, 0.2) is 46.0 Å². The van der Waals surface area contributed by atoms with Crippen molar-refractivity contribution in [1.29, 1.82) is 0 Å². The molecule has 9 nitrogen and oxygen atoms in total. The van der Waals surface area contributed by atoms with Crippen LogP contribution in [0.1, 0.15) is 26.5 Å². The first-order valence-electron chi connectivity index (χ1n) is 10.7. The summed E-state index contributed by atoms with van der Waals surface area (Å²) in [6, 6.07) is 8.62. The Bertz CT molecular complexity index is 1220. The van der Waals surface area contributed by atoms with Crippen LogP contribution in [-0.2, 0) is 9.84 Å². The van der Waals surface area contributed by atoms with Gasteiger partial charge >= 0.3 is 0 Å². The van der Waals surface area contributed by atoms with E-state index in [1.165, 1.54) is 18.0 Å². The largest absolute Gasteiger partial charge is 0.459 e. The van der Waals surface area contributed by atoms with Gasteiger partial charge in [-0.1, -0.05) is 17.8 Å². The molecule has 5 rings (SSSR count). The lowest BCUT2D eigenvalue weighted by Crippen LogP contribution is -2.50. The summed E-state index contributed by atoms with van der Waals surface area (Å²) in [6.07, 6.45) is 1.47. The Morgan fingerprint density at radius 2 is 1.82 bits per heavy atom. The van der Waals surface area contributed by atoms with Crippen LogP contribution in [0, 0.1) is 6.92 Å². The lowest BCUT2D eigenvalue weighted by atomic mass is 10.1. The fraction of sp³-hybridized carbons (Fsp3) is 0.409. The third-order valence-electron chi connectivity index (χ3n) is 6.13. The minimum absolute atomic E-state index is 0.0391. The molecule has 3 aliphatic heterocycles. The van der Waals surface area contributed by atoms with Crippen molar-refractivity contribution in [1.82, 2.24) is 9.80 Å². The van der Waals surface area contributed by atoms with Gasteiger partial charge in [0.05, 0.1) is 23.8 Å². The van der Waals surface area contributed by atoms with Gasteiger partial charge < -0.3 is 19.5 Å². The van der Waals surface area contributed by atoms with Crippen LogP contribution in [0.5, 0.6) is 0 Å². The SMILES string of the molecule is Cc1ccc(C(=O)N2CCN(C(=O)c3ccco3)CC2)cc1NC1=N[C@@H]2CS(=O)(=O)C[C@@H]2S1. The van der Waals surface area contributed by atoms with Gasteiger partial charge in [-0.2, -0.15) is 0 Å². The zero-order valence-corrected chi connectivity index (χ0v) is 19.7. The number of amides is 2. The maximum atomic E-state index is 13.1. The Morgan fingerprint density at radius 3 is 2.48 bits per heavy atom. The van der Waals surface area contributed by atoms with Gasteiger partial charge in [-0.25, -0.2) is 8.42 Å². The van der Waals surface area contributed by atoms with Gasteiger partial charge in [0.25, 0.3) is 11.8 Å². The summed E-state index contributed by atoms with van der Waals surface area (Å²) >= 11 is 1.45. The van der Waals surface area contributed by atoms with Crippen molar-refractivity contribution in [3.63, 3.8) is 0 Å². The summed E-state index contributed by atoms with van der Waals surface area (Å²) < 4.78 is 28.7. The molecular formula is C22H24N4O5S2. The number of hydrogen-bond acceptors (Lipinski definition) is 8. The molecule has 1 aromatic carbocycles. The quantitative estimate of drug-likeness (QED) is 0.702. The van der Waals surface area contributed by atoms with Crippen molar-refractivity contribution in [3.05, 3.63) is 53.5 Å². The van der Waals surface area contributed by atoms with Gasteiger partial charge in [0.2, 0.25) is 0 Å². The standard InChI is InChI=1S/C22H24N4O5S2/c1-14-4-5-15(11-16(14)23-22-24-17-12-33(29,30)13-19(17)32-22)20(27)25-6-8-26(9-7-25)21(28)18-3-2-10-31-18/h2-5,10-11,17,19H,6-9,12-13H2,1H3,(H,23,24)/t17-,19+/m1/s1. The Kier molecular flexibility index (Phi) is 5.69. The molecule has 4 heterocycles. The van der Waals surface area contributed by atoms with E-state index in [-0.39, 0.29) is 34.6 Å². The summed E-state index contributed by atoms with van der Waals surface area (Å²) in [6.45, 7) is 3.73. The number of carbonyl (C=O) groups excluding carboxylic acids is 2. The zero-order valence-electron chi connectivity index (χ0n) is 18.1.